The van der Waals surface area contributed by atoms with Crippen LogP contribution in [0.25, 0.3) is 0 Å². The van der Waals surface area contributed by atoms with E-state index in [1.165, 1.54) is 4.88 Å². The molecule has 1 saturated heterocycles. The lowest BCUT2D eigenvalue weighted by atomic mass is 10.1. The zero-order chi connectivity index (χ0) is 13.0. The molecule has 3 N–H and O–H groups in total. The molecule has 1 amide bonds. The van der Waals surface area contributed by atoms with Gasteiger partial charge >= 0.3 is 0 Å². The minimum absolute atomic E-state index is 0. The van der Waals surface area contributed by atoms with Crippen molar-refractivity contribution in [2.75, 3.05) is 19.6 Å². The highest BCUT2D eigenvalue weighted by Crippen LogP contribution is 2.18. The molecule has 0 aromatic carbocycles. The van der Waals surface area contributed by atoms with Crippen LogP contribution in [0.3, 0.4) is 0 Å². The molecule has 1 aromatic rings. The number of carbonyl (C=O) groups excluding carboxylic acids is 1. The van der Waals surface area contributed by atoms with E-state index in [4.69, 9.17) is 5.73 Å². The number of likely N-dealkylation sites (tertiary alicyclic amines) is 1. The van der Waals surface area contributed by atoms with Crippen molar-refractivity contribution >= 4 is 29.7 Å². The first-order valence-electron chi connectivity index (χ1n) is 6.46. The van der Waals surface area contributed by atoms with Crippen LogP contribution in [0.5, 0.6) is 0 Å². The molecule has 2 rings (SSSR count). The van der Waals surface area contributed by atoms with Crippen LogP contribution in [-0.2, 0) is 4.79 Å². The van der Waals surface area contributed by atoms with E-state index < -0.39 is 0 Å². The number of rotatable bonds is 4. The van der Waals surface area contributed by atoms with Gasteiger partial charge in [0.1, 0.15) is 0 Å². The molecule has 1 fully saturated rings. The Labute approximate surface area is 124 Å². The van der Waals surface area contributed by atoms with Gasteiger partial charge in [-0.25, -0.2) is 0 Å². The molecule has 0 radical (unpaired) electrons. The van der Waals surface area contributed by atoms with E-state index in [1.54, 1.807) is 11.3 Å². The van der Waals surface area contributed by atoms with Crippen LogP contribution in [0.1, 0.15) is 30.7 Å². The molecular formula is C13H22ClN3OS. The lowest BCUT2D eigenvalue weighted by Gasteiger charge is -2.30. The van der Waals surface area contributed by atoms with Crippen molar-refractivity contribution in [2.45, 2.75) is 31.8 Å². The molecule has 0 spiro atoms. The highest BCUT2D eigenvalue weighted by Gasteiger charge is 2.19. The van der Waals surface area contributed by atoms with E-state index in [2.05, 4.69) is 10.2 Å². The summed E-state index contributed by atoms with van der Waals surface area (Å²) in [6.07, 6.45) is 2.17. The van der Waals surface area contributed by atoms with E-state index in [1.807, 2.05) is 24.4 Å². The number of carbonyl (C=O) groups is 1. The fourth-order valence-corrected chi connectivity index (χ4v) is 3.07. The third-order valence-corrected chi connectivity index (χ3v) is 4.31. The van der Waals surface area contributed by atoms with E-state index in [0.29, 0.717) is 6.54 Å². The highest BCUT2D eigenvalue weighted by molar-refractivity contribution is 7.10. The quantitative estimate of drug-likeness (QED) is 0.891. The Kier molecular flexibility index (Phi) is 6.79. The van der Waals surface area contributed by atoms with Crippen molar-refractivity contribution in [3.8, 4) is 0 Å². The second-order valence-electron chi connectivity index (χ2n) is 4.94. The molecule has 1 aliphatic heterocycles. The van der Waals surface area contributed by atoms with Gasteiger partial charge < -0.3 is 11.1 Å². The van der Waals surface area contributed by atoms with E-state index >= 15 is 0 Å². The summed E-state index contributed by atoms with van der Waals surface area (Å²) < 4.78 is 0. The van der Waals surface area contributed by atoms with E-state index in [-0.39, 0.29) is 30.4 Å². The standard InChI is InChI=1S/C13H21N3OS.ClH/c1-10(12-5-3-7-18-12)15-13(17)9-16-6-2-4-11(14)8-16;/h3,5,7,10-11H,2,4,6,8-9,14H2,1H3,(H,15,17);1H/t10?,11-;/m1./s1. The van der Waals surface area contributed by atoms with Crippen LogP contribution in [0, 0.1) is 0 Å². The summed E-state index contributed by atoms with van der Waals surface area (Å²) in [5, 5.41) is 5.06. The number of nitrogens with two attached hydrogens (primary N) is 1. The summed E-state index contributed by atoms with van der Waals surface area (Å²) in [5.74, 6) is 0.0880. The van der Waals surface area contributed by atoms with Gasteiger partial charge in [-0.05, 0) is 37.8 Å². The fourth-order valence-electron chi connectivity index (χ4n) is 2.33. The van der Waals surface area contributed by atoms with Gasteiger partial charge in [-0.15, -0.1) is 23.7 Å². The normalized spacial score (nSPS) is 21.5. The first-order valence-corrected chi connectivity index (χ1v) is 7.34. The van der Waals surface area contributed by atoms with Gasteiger partial charge in [0.15, 0.2) is 0 Å². The third kappa shape index (κ3) is 5.10. The van der Waals surface area contributed by atoms with Crippen molar-refractivity contribution in [2.24, 2.45) is 5.73 Å². The molecule has 1 unspecified atom stereocenters. The molecule has 4 nitrogen and oxygen atoms in total. The van der Waals surface area contributed by atoms with Crippen LogP contribution in [0.4, 0.5) is 0 Å². The zero-order valence-electron chi connectivity index (χ0n) is 11.2. The van der Waals surface area contributed by atoms with Crippen molar-refractivity contribution in [1.82, 2.24) is 10.2 Å². The third-order valence-electron chi connectivity index (χ3n) is 3.26. The number of nitrogens with one attached hydrogen (secondary N) is 1. The van der Waals surface area contributed by atoms with Crippen LogP contribution in [0.2, 0.25) is 0 Å². The Morgan fingerprint density at radius 1 is 1.68 bits per heavy atom. The fraction of sp³-hybridized carbons (Fsp3) is 0.615. The number of amides is 1. The monoisotopic (exact) mass is 303 g/mol. The van der Waals surface area contributed by atoms with Crippen molar-refractivity contribution in [3.05, 3.63) is 22.4 Å². The summed E-state index contributed by atoms with van der Waals surface area (Å²) in [5.41, 5.74) is 5.91. The predicted molar refractivity (Wildman–Crippen MR) is 81.8 cm³/mol. The number of thiophene rings is 1. The number of halogens is 1. The predicted octanol–water partition coefficient (Wildman–Crippen LogP) is 1.77. The van der Waals surface area contributed by atoms with E-state index in [0.717, 1.165) is 25.9 Å². The summed E-state index contributed by atoms with van der Waals surface area (Å²) in [6, 6.07) is 4.37. The Balaban J connectivity index is 0.00000180. The van der Waals surface area contributed by atoms with Crippen molar-refractivity contribution in [3.63, 3.8) is 0 Å². The Morgan fingerprint density at radius 2 is 2.47 bits per heavy atom. The summed E-state index contributed by atoms with van der Waals surface area (Å²) in [7, 11) is 0. The SMILES string of the molecule is CC(NC(=O)CN1CCC[C@@H](N)C1)c1cccs1.Cl. The van der Waals surface area contributed by atoms with Crippen LogP contribution in [-0.4, -0.2) is 36.5 Å². The molecule has 6 heteroatoms. The minimum atomic E-state index is 0. The maximum atomic E-state index is 11.9. The summed E-state index contributed by atoms with van der Waals surface area (Å²) in [6.45, 7) is 4.30. The maximum Gasteiger partial charge on any atom is 0.234 e. The molecule has 108 valence electrons. The largest absolute Gasteiger partial charge is 0.348 e. The van der Waals surface area contributed by atoms with Crippen LogP contribution < -0.4 is 11.1 Å². The summed E-state index contributed by atoms with van der Waals surface area (Å²) >= 11 is 1.67. The maximum absolute atomic E-state index is 11.9. The molecular weight excluding hydrogens is 282 g/mol. The number of hydrogen-bond donors (Lipinski definition) is 2. The van der Waals surface area contributed by atoms with E-state index in [9.17, 15) is 4.79 Å². The van der Waals surface area contributed by atoms with Crippen molar-refractivity contribution < 1.29 is 4.79 Å². The second kappa shape index (κ2) is 7.85. The van der Waals surface area contributed by atoms with Crippen LogP contribution >= 0.6 is 23.7 Å². The molecule has 1 aromatic heterocycles. The molecule has 0 aliphatic carbocycles. The molecule has 2 atom stereocenters. The topological polar surface area (TPSA) is 58.4 Å². The first kappa shape index (κ1) is 16.4. The van der Waals surface area contributed by atoms with Crippen molar-refractivity contribution in [1.29, 1.82) is 0 Å². The number of hydrogen-bond acceptors (Lipinski definition) is 4. The second-order valence-corrected chi connectivity index (χ2v) is 5.92. The molecule has 2 heterocycles. The van der Waals surface area contributed by atoms with Gasteiger partial charge in [0.05, 0.1) is 12.6 Å². The molecule has 0 saturated carbocycles. The van der Waals surface area contributed by atoms with Gasteiger partial charge in [-0.2, -0.15) is 0 Å². The average Bonchev–Trinajstić information content (AvgIpc) is 2.81. The lowest BCUT2D eigenvalue weighted by molar-refractivity contribution is -0.123. The van der Waals surface area contributed by atoms with Gasteiger partial charge in [-0.1, -0.05) is 6.07 Å². The first-order chi connectivity index (χ1) is 8.65. The highest BCUT2D eigenvalue weighted by atomic mass is 35.5. The average molecular weight is 304 g/mol. The lowest BCUT2D eigenvalue weighted by Crippen LogP contribution is -2.47. The smallest absolute Gasteiger partial charge is 0.234 e. The van der Waals surface area contributed by atoms with Gasteiger partial charge in [0.25, 0.3) is 0 Å². The summed E-state index contributed by atoms with van der Waals surface area (Å²) in [4.78, 5) is 15.3. The Bertz CT molecular complexity index is 385. The van der Waals surface area contributed by atoms with Gasteiger partial charge in [0, 0.05) is 17.5 Å². The van der Waals surface area contributed by atoms with Crippen LogP contribution in [0.15, 0.2) is 17.5 Å². The van der Waals surface area contributed by atoms with Gasteiger partial charge in [0.2, 0.25) is 5.91 Å². The molecule has 1 aliphatic rings. The van der Waals surface area contributed by atoms with Gasteiger partial charge in [-0.3, -0.25) is 9.69 Å². The number of nitrogens with zero attached hydrogens (tertiary/aromatic N) is 1. The Hall–Kier alpha value is -0.620. The Morgan fingerprint density at radius 3 is 3.11 bits per heavy atom. The molecule has 19 heavy (non-hydrogen) atoms. The number of piperidine rings is 1. The minimum Gasteiger partial charge on any atom is -0.348 e. The zero-order valence-corrected chi connectivity index (χ0v) is 12.8. The molecule has 0 bridgehead atoms.